The maximum Gasteiger partial charge on any atom is 0.314 e. The summed E-state index contributed by atoms with van der Waals surface area (Å²) in [6.45, 7) is 7.93. The van der Waals surface area contributed by atoms with E-state index in [1.165, 1.54) is 24.8 Å². The average Bonchev–Trinajstić information content (AvgIpc) is 2.58. The Morgan fingerprint density at radius 2 is 1.70 bits per heavy atom. The lowest BCUT2D eigenvalue weighted by Crippen LogP contribution is -2.49. The number of carbonyl (C=O) groups excluding carboxylic acids is 1. The summed E-state index contributed by atoms with van der Waals surface area (Å²) in [5, 5.41) is 6.00. The van der Waals surface area contributed by atoms with Crippen LogP contribution >= 0.6 is 0 Å². The zero-order valence-corrected chi connectivity index (χ0v) is 14.6. The van der Waals surface area contributed by atoms with E-state index in [9.17, 15) is 4.79 Å². The van der Waals surface area contributed by atoms with Crippen molar-refractivity contribution in [3.63, 3.8) is 0 Å². The molecule has 1 unspecified atom stereocenters. The zero-order valence-electron chi connectivity index (χ0n) is 14.6. The molecular weight excluding hydrogens is 286 g/mol. The molecule has 0 spiro atoms. The minimum Gasteiger partial charge on any atom is -0.338 e. The van der Waals surface area contributed by atoms with Crippen LogP contribution in [-0.4, -0.2) is 43.2 Å². The second kappa shape index (κ2) is 9.56. The lowest BCUT2D eigenvalue weighted by atomic mass is 10.0. The van der Waals surface area contributed by atoms with Crippen LogP contribution < -0.4 is 10.6 Å². The fraction of sp³-hybridized carbons (Fsp3) is 0.632. The van der Waals surface area contributed by atoms with Crippen molar-refractivity contribution in [2.45, 2.75) is 45.6 Å². The number of amides is 2. The van der Waals surface area contributed by atoms with E-state index in [0.29, 0.717) is 18.5 Å². The van der Waals surface area contributed by atoms with Gasteiger partial charge in [-0.3, -0.25) is 4.90 Å². The Bertz CT molecular complexity index is 455. The predicted molar refractivity (Wildman–Crippen MR) is 95.6 cm³/mol. The van der Waals surface area contributed by atoms with E-state index in [-0.39, 0.29) is 6.03 Å². The maximum absolute atomic E-state index is 11.9. The molecule has 23 heavy (non-hydrogen) atoms. The number of nitrogens with one attached hydrogen (secondary N) is 2. The van der Waals surface area contributed by atoms with Gasteiger partial charge in [0.1, 0.15) is 0 Å². The van der Waals surface area contributed by atoms with Crippen molar-refractivity contribution in [2.24, 2.45) is 5.92 Å². The van der Waals surface area contributed by atoms with Gasteiger partial charge >= 0.3 is 6.03 Å². The van der Waals surface area contributed by atoms with Crippen LogP contribution in [-0.2, 0) is 6.42 Å². The molecule has 0 aromatic heterocycles. The fourth-order valence-electron chi connectivity index (χ4n) is 3.07. The number of rotatable bonds is 7. The lowest BCUT2D eigenvalue weighted by Gasteiger charge is -2.35. The number of carbonyl (C=O) groups is 1. The Hall–Kier alpha value is -1.55. The molecule has 128 valence electrons. The Balaban J connectivity index is 1.89. The van der Waals surface area contributed by atoms with E-state index < -0.39 is 0 Å². The maximum atomic E-state index is 11.9. The first kappa shape index (κ1) is 17.8. The van der Waals surface area contributed by atoms with Gasteiger partial charge in [0.2, 0.25) is 0 Å². The van der Waals surface area contributed by atoms with E-state index in [1.807, 2.05) is 0 Å². The molecular formula is C19H31N3O. The first-order chi connectivity index (χ1) is 11.1. The molecule has 0 bridgehead atoms. The Morgan fingerprint density at radius 1 is 1.04 bits per heavy atom. The van der Waals surface area contributed by atoms with E-state index in [2.05, 4.69) is 59.7 Å². The summed E-state index contributed by atoms with van der Waals surface area (Å²) in [5.74, 6) is 0.475. The molecule has 0 aliphatic carbocycles. The van der Waals surface area contributed by atoms with Gasteiger partial charge in [-0.05, 0) is 43.8 Å². The van der Waals surface area contributed by atoms with Crippen LogP contribution in [0.5, 0.6) is 0 Å². The number of hydrogen-bond donors (Lipinski definition) is 2. The van der Waals surface area contributed by atoms with Gasteiger partial charge in [0.15, 0.2) is 0 Å². The second-order valence-electron chi connectivity index (χ2n) is 6.92. The van der Waals surface area contributed by atoms with Gasteiger partial charge in [0, 0.05) is 19.1 Å². The Morgan fingerprint density at radius 3 is 2.35 bits per heavy atom. The molecule has 1 atom stereocenters. The molecule has 2 amide bonds. The topological polar surface area (TPSA) is 44.4 Å². The van der Waals surface area contributed by atoms with E-state index in [4.69, 9.17) is 0 Å². The van der Waals surface area contributed by atoms with Crippen molar-refractivity contribution >= 4 is 6.03 Å². The molecule has 0 radical (unpaired) electrons. The summed E-state index contributed by atoms with van der Waals surface area (Å²) in [4.78, 5) is 14.5. The molecule has 2 N–H and O–H groups in total. The van der Waals surface area contributed by atoms with Crippen LogP contribution in [0.3, 0.4) is 0 Å². The highest BCUT2D eigenvalue weighted by Crippen LogP contribution is 2.15. The molecule has 1 saturated heterocycles. The van der Waals surface area contributed by atoms with Crippen molar-refractivity contribution in [3.8, 4) is 0 Å². The van der Waals surface area contributed by atoms with Crippen LogP contribution in [0.25, 0.3) is 0 Å². The van der Waals surface area contributed by atoms with E-state index in [0.717, 1.165) is 26.1 Å². The van der Waals surface area contributed by atoms with E-state index in [1.54, 1.807) is 0 Å². The van der Waals surface area contributed by atoms with Crippen molar-refractivity contribution < 1.29 is 4.79 Å². The first-order valence-electron chi connectivity index (χ1n) is 8.95. The second-order valence-corrected chi connectivity index (χ2v) is 6.92. The van der Waals surface area contributed by atoms with Gasteiger partial charge in [-0.1, -0.05) is 50.6 Å². The summed E-state index contributed by atoms with van der Waals surface area (Å²) in [6.07, 6.45) is 4.86. The minimum absolute atomic E-state index is 0.0474. The van der Waals surface area contributed by atoms with Crippen molar-refractivity contribution in [2.75, 3.05) is 26.2 Å². The summed E-state index contributed by atoms with van der Waals surface area (Å²) >= 11 is 0. The Labute approximate surface area is 140 Å². The third-order valence-corrected chi connectivity index (χ3v) is 4.39. The first-order valence-corrected chi connectivity index (χ1v) is 8.95. The average molecular weight is 317 g/mol. The van der Waals surface area contributed by atoms with Gasteiger partial charge in [0.05, 0.1) is 0 Å². The standard InChI is InChI=1S/C19H31N3O/c1-16(2)14-20-19(23)21-15-18(22-11-7-4-8-12-22)13-17-9-5-3-6-10-17/h3,5-6,9-10,16,18H,4,7-8,11-15H2,1-2H3,(H2,20,21,23). The summed E-state index contributed by atoms with van der Waals surface area (Å²) in [7, 11) is 0. The third-order valence-electron chi connectivity index (χ3n) is 4.39. The van der Waals surface area contributed by atoms with Gasteiger partial charge < -0.3 is 10.6 Å². The molecule has 0 saturated carbocycles. The normalized spacial score (nSPS) is 17.0. The molecule has 4 heteroatoms. The highest BCUT2D eigenvalue weighted by molar-refractivity contribution is 5.73. The zero-order chi connectivity index (χ0) is 16.5. The molecule has 1 aliphatic heterocycles. The van der Waals surface area contributed by atoms with Gasteiger partial charge in [0.25, 0.3) is 0 Å². The number of piperidine rings is 1. The van der Waals surface area contributed by atoms with Crippen molar-refractivity contribution in [3.05, 3.63) is 35.9 Å². The summed E-state index contributed by atoms with van der Waals surface area (Å²) < 4.78 is 0. The summed E-state index contributed by atoms with van der Waals surface area (Å²) in [6, 6.07) is 10.9. The summed E-state index contributed by atoms with van der Waals surface area (Å²) in [5.41, 5.74) is 1.34. The van der Waals surface area contributed by atoms with Crippen LogP contribution in [0.15, 0.2) is 30.3 Å². The van der Waals surface area contributed by atoms with Gasteiger partial charge in [-0.25, -0.2) is 4.79 Å². The largest absolute Gasteiger partial charge is 0.338 e. The highest BCUT2D eigenvalue weighted by Gasteiger charge is 2.21. The Kier molecular flexibility index (Phi) is 7.40. The van der Waals surface area contributed by atoms with E-state index >= 15 is 0 Å². The number of hydrogen-bond acceptors (Lipinski definition) is 2. The molecule has 1 aromatic carbocycles. The van der Waals surface area contributed by atoms with Crippen LogP contribution in [0, 0.1) is 5.92 Å². The van der Waals surface area contributed by atoms with Crippen molar-refractivity contribution in [1.82, 2.24) is 15.5 Å². The number of likely N-dealkylation sites (tertiary alicyclic amines) is 1. The minimum atomic E-state index is -0.0474. The monoisotopic (exact) mass is 317 g/mol. The van der Waals surface area contributed by atoms with Crippen LogP contribution in [0.4, 0.5) is 4.79 Å². The van der Waals surface area contributed by atoms with Gasteiger partial charge in [-0.15, -0.1) is 0 Å². The number of nitrogens with zero attached hydrogens (tertiary/aromatic N) is 1. The van der Waals surface area contributed by atoms with Crippen LogP contribution in [0.2, 0.25) is 0 Å². The fourth-order valence-corrected chi connectivity index (χ4v) is 3.07. The highest BCUT2D eigenvalue weighted by atomic mass is 16.2. The van der Waals surface area contributed by atoms with Crippen LogP contribution in [0.1, 0.15) is 38.7 Å². The number of benzene rings is 1. The quantitative estimate of drug-likeness (QED) is 0.812. The SMILES string of the molecule is CC(C)CNC(=O)NCC(Cc1ccccc1)N1CCCCC1. The molecule has 1 aliphatic rings. The smallest absolute Gasteiger partial charge is 0.314 e. The molecule has 4 nitrogen and oxygen atoms in total. The van der Waals surface area contributed by atoms with Crippen molar-refractivity contribution in [1.29, 1.82) is 0 Å². The third kappa shape index (κ3) is 6.61. The lowest BCUT2D eigenvalue weighted by molar-refractivity contribution is 0.158. The number of urea groups is 1. The van der Waals surface area contributed by atoms with Gasteiger partial charge in [-0.2, -0.15) is 0 Å². The molecule has 1 heterocycles. The molecule has 1 aromatic rings. The predicted octanol–water partition coefficient (Wildman–Crippen LogP) is 3.04. The molecule has 2 rings (SSSR count). The molecule has 1 fully saturated rings.